The SMILES string of the molecule is O=C(CC1CC1)Oc1ccc(C(=O)Nc2cccc3ccccc23)cc1. The van der Waals surface area contributed by atoms with Gasteiger partial charge in [-0.25, -0.2) is 0 Å². The summed E-state index contributed by atoms with van der Waals surface area (Å²) in [4.78, 5) is 24.3. The summed E-state index contributed by atoms with van der Waals surface area (Å²) in [5.41, 5.74) is 1.29. The quantitative estimate of drug-likeness (QED) is 0.534. The van der Waals surface area contributed by atoms with Crippen LogP contribution in [0.4, 0.5) is 5.69 Å². The van der Waals surface area contributed by atoms with Gasteiger partial charge in [-0.1, -0.05) is 36.4 Å². The molecular weight excluding hydrogens is 326 g/mol. The summed E-state index contributed by atoms with van der Waals surface area (Å²) in [7, 11) is 0. The minimum absolute atomic E-state index is 0.197. The van der Waals surface area contributed by atoms with Crippen LogP contribution in [0.15, 0.2) is 66.7 Å². The first-order chi connectivity index (χ1) is 12.7. The molecule has 1 aliphatic rings. The van der Waals surface area contributed by atoms with Crippen molar-refractivity contribution in [2.24, 2.45) is 5.92 Å². The van der Waals surface area contributed by atoms with E-state index < -0.39 is 0 Å². The van der Waals surface area contributed by atoms with Crippen molar-refractivity contribution >= 4 is 28.3 Å². The van der Waals surface area contributed by atoms with Gasteiger partial charge >= 0.3 is 5.97 Å². The first-order valence-corrected chi connectivity index (χ1v) is 8.79. The standard InChI is InChI=1S/C22H19NO3/c24-21(14-15-8-9-15)26-18-12-10-17(11-13-18)22(25)23-20-7-3-5-16-4-1-2-6-19(16)20/h1-7,10-13,15H,8-9,14H2,(H,23,25). The Morgan fingerprint density at radius 3 is 2.42 bits per heavy atom. The summed E-state index contributed by atoms with van der Waals surface area (Å²) in [5.74, 6) is 0.559. The van der Waals surface area contributed by atoms with E-state index in [0.29, 0.717) is 23.7 Å². The van der Waals surface area contributed by atoms with Gasteiger partial charge in [0.15, 0.2) is 0 Å². The molecule has 1 N–H and O–H groups in total. The van der Waals surface area contributed by atoms with Crippen LogP contribution in [0.1, 0.15) is 29.6 Å². The number of rotatable bonds is 5. The van der Waals surface area contributed by atoms with Crippen LogP contribution >= 0.6 is 0 Å². The number of esters is 1. The van der Waals surface area contributed by atoms with E-state index in [4.69, 9.17) is 4.74 Å². The number of carbonyl (C=O) groups is 2. The summed E-state index contributed by atoms with van der Waals surface area (Å²) < 4.78 is 5.31. The molecule has 1 aliphatic carbocycles. The van der Waals surface area contributed by atoms with Gasteiger partial charge in [-0.05, 0) is 54.5 Å². The molecule has 0 aliphatic heterocycles. The predicted octanol–water partition coefficient (Wildman–Crippen LogP) is 4.80. The van der Waals surface area contributed by atoms with E-state index in [1.54, 1.807) is 24.3 Å². The molecule has 0 bridgehead atoms. The molecule has 1 amide bonds. The number of carbonyl (C=O) groups excluding carboxylic acids is 2. The van der Waals surface area contributed by atoms with Crippen molar-refractivity contribution in [1.29, 1.82) is 0 Å². The van der Waals surface area contributed by atoms with Crippen molar-refractivity contribution in [2.45, 2.75) is 19.3 Å². The molecule has 0 aromatic heterocycles. The maximum atomic E-state index is 12.5. The number of benzene rings is 3. The number of hydrogen-bond acceptors (Lipinski definition) is 3. The van der Waals surface area contributed by atoms with Crippen molar-refractivity contribution in [3.8, 4) is 5.75 Å². The third-order valence-electron chi connectivity index (χ3n) is 4.54. The van der Waals surface area contributed by atoms with Crippen LogP contribution in [0, 0.1) is 5.92 Å². The monoisotopic (exact) mass is 345 g/mol. The molecule has 3 aromatic rings. The number of ether oxygens (including phenoxy) is 1. The molecule has 3 aromatic carbocycles. The van der Waals surface area contributed by atoms with Crippen LogP contribution in [-0.2, 0) is 4.79 Å². The van der Waals surface area contributed by atoms with Gasteiger partial charge in [0, 0.05) is 23.1 Å². The third-order valence-corrected chi connectivity index (χ3v) is 4.54. The second-order valence-electron chi connectivity index (χ2n) is 6.63. The van der Waals surface area contributed by atoms with Gasteiger partial charge in [0.2, 0.25) is 0 Å². The fourth-order valence-corrected chi connectivity index (χ4v) is 2.93. The molecule has 4 rings (SSSR count). The van der Waals surface area contributed by atoms with Gasteiger partial charge < -0.3 is 10.1 Å². The fraction of sp³-hybridized carbons (Fsp3) is 0.182. The smallest absolute Gasteiger partial charge is 0.311 e. The third kappa shape index (κ3) is 3.75. The van der Waals surface area contributed by atoms with Gasteiger partial charge in [0.05, 0.1) is 0 Å². The zero-order valence-corrected chi connectivity index (χ0v) is 14.3. The Hall–Kier alpha value is -3.14. The average molecular weight is 345 g/mol. The highest BCUT2D eigenvalue weighted by Gasteiger charge is 2.25. The minimum atomic E-state index is -0.208. The lowest BCUT2D eigenvalue weighted by Gasteiger charge is -2.09. The van der Waals surface area contributed by atoms with Crippen LogP contribution in [0.2, 0.25) is 0 Å². The molecule has 0 atom stereocenters. The first kappa shape index (κ1) is 16.3. The summed E-state index contributed by atoms with van der Waals surface area (Å²) in [5, 5.41) is 5.02. The van der Waals surface area contributed by atoms with Crippen molar-refractivity contribution in [1.82, 2.24) is 0 Å². The molecule has 1 fully saturated rings. The summed E-state index contributed by atoms with van der Waals surface area (Å²) >= 11 is 0. The molecule has 0 heterocycles. The lowest BCUT2D eigenvalue weighted by Crippen LogP contribution is -2.12. The average Bonchev–Trinajstić information content (AvgIpc) is 3.46. The number of nitrogens with one attached hydrogen (secondary N) is 1. The topological polar surface area (TPSA) is 55.4 Å². The molecule has 1 saturated carbocycles. The maximum Gasteiger partial charge on any atom is 0.311 e. The molecule has 0 radical (unpaired) electrons. The highest BCUT2D eigenvalue weighted by molar-refractivity contribution is 6.09. The van der Waals surface area contributed by atoms with E-state index in [-0.39, 0.29) is 11.9 Å². The highest BCUT2D eigenvalue weighted by Crippen LogP contribution is 2.32. The Bertz CT molecular complexity index is 953. The summed E-state index contributed by atoms with van der Waals surface area (Å²) in [6.07, 6.45) is 2.70. The normalized spacial score (nSPS) is 13.4. The molecule has 4 nitrogen and oxygen atoms in total. The first-order valence-electron chi connectivity index (χ1n) is 8.79. The Labute approximate surface area is 151 Å². The number of fused-ring (bicyclic) bond motifs is 1. The van der Waals surface area contributed by atoms with E-state index in [1.165, 1.54) is 0 Å². The molecule has 4 heteroatoms. The molecule has 0 saturated heterocycles. The Kier molecular flexibility index (Phi) is 4.40. The number of anilines is 1. The zero-order chi connectivity index (χ0) is 17.9. The van der Waals surface area contributed by atoms with E-state index in [9.17, 15) is 9.59 Å². The predicted molar refractivity (Wildman–Crippen MR) is 101 cm³/mol. The summed E-state index contributed by atoms with van der Waals surface area (Å²) in [6, 6.07) is 20.4. The van der Waals surface area contributed by atoms with Crippen molar-refractivity contribution < 1.29 is 14.3 Å². The zero-order valence-electron chi connectivity index (χ0n) is 14.3. The minimum Gasteiger partial charge on any atom is -0.427 e. The van der Waals surface area contributed by atoms with Crippen LogP contribution in [0.5, 0.6) is 5.75 Å². The van der Waals surface area contributed by atoms with Gasteiger partial charge in [-0.15, -0.1) is 0 Å². The Balaban J connectivity index is 1.45. The molecule has 26 heavy (non-hydrogen) atoms. The van der Waals surface area contributed by atoms with Crippen molar-refractivity contribution in [3.05, 3.63) is 72.3 Å². The van der Waals surface area contributed by atoms with Gasteiger partial charge in [0.1, 0.15) is 5.75 Å². The van der Waals surface area contributed by atoms with Gasteiger partial charge in [-0.2, -0.15) is 0 Å². The summed E-state index contributed by atoms with van der Waals surface area (Å²) in [6.45, 7) is 0. The fourth-order valence-electron chi connectivity index (χ4n) is 2.93. The van der Waals surface area contributed by atoms with Crippen LogP contribution in [0.3, 0.4) is 0 Å². The van der Waals surface area contributed by atoms with E-state index >= 15 is 0 Å². The Morgan fingerprint density at radius 2 is 1.65 bits per heavy atom. The molecule has 0 unspecified atom stereocenters. The van der Waals surface area contributed by atoms with Gasteiger partial charge in [-0.3, -0.25) is 9.59 Å². The van der Waals surface area contributed by atoms with Crippen molar-refractivity contribution in [2.75, 3.05) is 5.32 Å². The largest absolute Gasteiger partial charge is 0.427 e. The van der Waals surface area contributed by atoms with Gasteiger partial charge in [0.25, 0.3) is 5.91 Å². The molecular formula is C22H19NO3. The van der Waals surface area contributed by atoms with Crippen LogP contribution in [0.25, 0.3) is 10.8 Å². The second kappa shape index (κ2) is 7.00. The lowest BCUT2D eigenvalue weighted by molar-refractivity contribution is -0.134. The van der Waals surface area contributed by atoms with Crippen LogP contribution < -0.4 is 10.1 Å². The second-order valence-corrected chi connectivity index (χ2v) is 6.63. The van der Waals surface area contributed by atoms with E-state index in [1.807, 2.05) is 42.5 Å². The van der Waals surface area contributed by atoms with E-state index in [2.05, 4.69) is 5.32 Å². The van der Waals surface area contributed by atoms with Crippen LogP contribution in [-0.4, -0.2) is 11.9 Å². The lowest BCUT2D eigenvalue weighted by atomic mass is 10.1. The molecule has 0 spiro atoms. The number of hydrogen-bond donors (Lipinski definition) is 1. The van der Waals surface area contributed by atoms with E-state index in [0.717, 1.165) is 29.3 Å². The Morgan fingerprint density at radius 1 is 0.923 bits per heavy atom. The maximum absolute atomic E-state index is 12.5. The highest BCUT2D eigenvalue weighted by atomic mass is 16.5. The molecule has 130 valence electrons. The number of amides is 1. The van der Waals surface area contributed by atoms with Crippen molar-refractivity contribution in [3.63, 3.8) is 0 Å².